The Hall–Kier alpha value is -3.43. The van der Waals surface area contributed by atoms with Crippen LogP contribution in [0.1, 0.15) is 88.4 Å². The fraction of sp³-hybridized carbons (Fsp3) is 0.541. The van der Waals surface area contributed by atoms with Crippen molar-refractivity contribution in [3.8, 4) is 0 Å². The van der Waals surface area contributed by atoms with Crippen LogP contribution in [0.4, 0.5) is 9.59 Å². The zero-order valence-corrected chi connectivity index (χ0v) is 30.3. The zero-order chi connectivity index (χ0) is 34.1. The van der Waals surface area contributed by atoms with Gasteiger partial charge in [-0.15, -0.1) is 0 Å². The lowest BCUT2D eigenvalue weighted by Crippen LogP contribution is -2.42. The minimum Gasteiger partial charge on any atom is -0.445 e. The molecule has 8 nitrogen and oxygen atoms in total. The number of hydrogen-bond acceptors (Lipinski definition) is 6. The Balaban J connectivity index is 1.58. The van der Waals surface area contributed by atoms with Crippen LogP contribution in [0.25, 0.3) is 0 Å². The number of likely N-dealkylation sites (tertiary alicyclic amines) is 1. The SMILES string of the molecule is CN(CCC(O[Si](C)(C)C(C)(C)C)c1ccc(C(=O)C=CC2CCN(C(=O)OCc3ccccc3)CC2)cc1)C(=O)OC(C)(C)C. The number of hydrogen-bond donors (Lipinski definition) is 0. The van der Waals surface area contributed by atoms with Crippen LogP contribution in [0.5, 0.6) is 0 Å². The number of benzene rings is 2. The summed E-state index contributed by atoms with van der Waals surface area (Å²) in [6.45, 7) is 18.6. The molecule has 0 radical (unpaired) electrons. The van der Waals surface area contributed by atoms with Crippen LogP contribution < -0.4 is 0 Å². The maximum Gasteiger partial charge on any atom is 0.410 e. The van der Waals surface area contributed by atoms with Gasteiger partial charge < -0.3 is 23.7 Å². The van der Waals surface area contributed by atoms with Gasteiger partial charge in [0, 0.05) is 32.2 Å². The highest BCUT2D eigenvalue weighted by molar-refractivity contribution is 6.74. The van der Waals surface area contributed by atoms with Crippen LogP contribution in [0.2, 0.25) is 18.1 Å². The third-order valence-corrected chi connectivity index (χ3v) is 13.3. The average molecular weight is 651 g/mol. The molecular formula is C37H54N2O6Si. The second-order valence-corrected chi connectivity index (χ2v) is 19.5. The van der Waals surface area contributed by atoms with Gasteiger partial charge in [-0.25, -0.2) is 9.59 Å². The molecule has 0 bridgehead atoms. The highest BCUT2D eigenvalue weighted by Crippen LogP contribution is 2.40. The molecule has 1 aliphatic rings. The molecule has 0 spiro atoms. The summed E-state index contributed by atoms with van der Waals surface area (Å²) >= 11 is 0. The number of piperidine rings is 1. The van der Waals surface area contributed by atoms with Crippen molar-refractivity contribution in [3.63, 3.8) is 0 Å². The smallest absolute Gasteiger partial charge is 0.410 e. The molecule has 252 valence electrons. The third kappa shape index (κ3) is 11.4. The maximum absolute atomic E-state index is 13.1. The minimum atomic E-state index is -2.13. The molecule has 2 aromatic rings. The predicted molar refractivity (Wildman–Crippen MR) is 185 cm³/mol. The van der Waals surface area contributed by atoms with Crippen molar-refractivity contribution in [1.82, 2.24) is 9.80 Å². The van der Waals surface area contributed by atoms with E-state index < -0.39 is 13.9 Å². The number of carbonyl (C=O) groups is 3. The van der Waals surface area contributed by atoms with E-state index in [2.05, 4.69) is 33.9 Å². The first kappa shape index (κ1) is 37.0. The van der Waals surface area contributed by atoms with E-state index in [-0.39, 0.29) is 41.6 Å². The van der Waals surface area contributed by atoms with Crippen molar-refractivity contribution in [2.75, 3.05) is 26.7 Å². The van der Waals surface area contributed by atoms with Gasteiger partial charge in [-0.05, 0) is 81.3 Å². The molecule has 2 aromatic carbocycles. The van der Waals surface area contributed by atoms with Crippen LogP contribution in [-0.4, -0.2) is 68.4 Å². The molecule has 1 atom stereocenters. The topological polar surface area (TPSA) is 85.4 Å². The van der Waals surface area contributed by atoms with Gasteiger partial charge in [0.05, 0.1) is 6.10 Å². The van der Waals surface area contributed by atoms with Crippen LogP contribution in [0, 0.1) is 5.92 Å². The summed E-state index contributed by atoms with van der Waals surface area (Å²) in [6, 6.07) is 17.3. The van der Waals surface area contributed by atoms with Gasteiger partial charge >= 0.3 is 12.2 Å². The highest BCUT2D eigenvalue weighted by atomic mass is 28.4. The van der Waals surface area contributed by atoms with E-state index in [0.717, 1.165) is 24.0 Å². The second-order valence-electron chi connectivity index (χ2n) is 14.8. The molecule has 46 heavy (non-hydrogen) atoms. The molecule has 1 aliphatic heterocycles. The summed E-state index contributed by atoms with van der Waals surface area (Å²) in [7, 11) is -0.390. The molecule has 1 saturated heterocycles. The quantitative estimate of drug-likeness (QED) is 0.137. The molecule has 1 heterocycles. The van der Waals surface area contributed by atoms with Crippen molar-refractivity contribution >= 4 is 26.3 Å². The Bertz CT molecular complexity index is 1320. The van der Waals surface area contributed by atoms with Gasteiger partial charge in [0.2, 0.25) is 0 Å². The van der Waals surface area contributed by atoms with Crippen molar-refractivity contribution in [2.45, 2.75) is 97.2 Å². The number of ether oxygens (including phenoxy) is 2. The number of rotatable bonds is 11. The van der Waals surface area contributed by atoms with Gasteiger partial charge in [-0.2, -0.15) is 0 Å². The lowest BCUT2D eigenvalue weighted by Gasteiger charge is -2.40. The van der Waals surface area contributed by atoms with Crippen molar-refractivity contribution in [3.05, 3.63) is 83.4 Å². The van der Waals surface area contributed by atoms with E-state index in [1.807, 2.05) is 81.4 Å². The first-order chi connectivity index (χ1) is 21.4. The van der Waals surface area contributed by atoms with Crippen LogP contribution >= 0.6 is 0 Å². The lowest BCUT2D eigenvalue weighted by molar-refractivity contribution is 0.0275. The molecule has 0 aromatic heterocycles. The molecule has 2 amide bonds. The second kappa shape index (κ2) is 15.9. The molecule has 1 unspecified atom stereocenters. The Morgan fingerprint density at radius 2 is 1.57 bits per heavy atom. The molecule has 9 heteroatoms. The summed E-state index contributed by atoms with van der Waals surface area (Å²) in [6.07, 6.45) is 4.92. The van der Waals surface area contributed by atoms with Gasteiger partial charge in [0.15, 0.2) is 14.1 Å². The monoisotopic (exact) mass is 650 g/mol. The number of allylic oxidation sites excluding steroid dienone is 2. The predicted octanol–water partition coefficient (Wildman–Crippen LogP) is 8.79. The molecule has 0 saturated carbocycles. The average Bonchev–Trinajstić information content (AvgIpc) is 3.00. The first-order valence-corrected chi connectivity index (χ1v) is 19.3. The van der Waals surface area contributed by atoms with Gasteiger partial charge in [-0.3, -0.25) is 4.79 Å². The van der Waals surface area contributed by atoms with E-state index in [0.29, 0.717) is 31.6 Å². The summed E-state index contributed by atoms with van der Waals surface area (Å²) in [5, 5.41) is 0.0155. The first-order valence-electron chi connectivity index (χ1n) is 16.4. The normalized spacial score (nSPS) is 15.5. The van der Waals surface area contributed by atoms with Crippen molar-refractivity contribution in [2.24, 2.45) is 5.92 Å². The van der Waals surface area contributed by atoms with Crippen LogP contribution in [0.3, 0.4) is 0 Å². The standard InChI is InChI=1S/C37H54N2O6Si/c1-36(2,3)44-34(41)38(7)24-23-33(45-46(8,9)37(4,5)6)31-18-16-30(17-19-31)32(40)20-15-28-21-25-39(26-22-28)35(42)43-27-29-13-11-10-12-14-29/h10-20,28,33H,21-27H2,1-9H3. The Labute approximate surface area is 277 Å². The molecule has 3 rings (SSSR count). The Kier molecular flexibility index (Phi) is 12.8. The van der Waals surface area contributed by atoms with Crippen LogP contribution in [0.15, 0.2) is 66.7 Å². The molecular weight excluding hydrogens is 597 g/mol. The van der Waals surface area contributed by atoms with Gasteiger partial charge in [0.1, 0.15) is 12.2 Å². The molecule has 0 aliphatic carbocycles. The fourth-order valence-corrected chi connectivity index (χ4v) is 6.15. The molecule has 0 N–H and O–H groups in total. The van der Waals surface area contributed by atoms with E-state index in [4.69, 9.17) is 13.9 Å². The largest absolute Gasteiger partial charge is 0.445 e. The lowest BCUT2D eigenvalue weighted by atomic mass is 9.95. The number of amides is 2. The van der Waals surface area contributed by atoms with E-state index in [1.165, 1.54) is 0 Å². The fourth-order valence-electron chi connectivity index (χ4n) is 4.83. The van der Waals surface area contributed by atoms with Gasteiger partial charge in [-0.1, -0.05) is 81.4 Å². The van der Waals surface area contributed by atoms with E-state index in [1.54, 1.807) is 22.9 Å². The number of nitrogens with zero attached hydrogens (tertiary/aromatic N) is 2. The Morgan fingerprint density at radius 3 is 2.13 bits per heavy atom. The summed E-state index contributed by atoms with van der Waals surface area (Å²) < 4.78 is 17.8. The highest BCUT2D eigenvalue weighted by Gasteiger charge is 2.39. The number of ketones is 1. The maximum atomic E-state index is 13.1. The summed E-state index contributed by atoms with van der Waals surface area (Å²) in [4.78, 5) is 41.5. The van der Waals surface area contributed by atoms with E-state index in [9.17, 15) is 14.4 Å². The minimum absolute atomic E-state index is 0.0155. The zero-order valence-electron chi connectivity index (χ0n) is 29.3. The van der Waals surface area contributed by atoms with Crippen molar-refractivity contribution in [1.29, 1.82) is 0 Å². The molecule has 1 fully saturated rings. The van der Waals surface area contributed by atoms with Gasteiger partial charge in [0.25, 0.3) is 0 Å². The third-order valence-electron chi connectivity index (χ3n) is 8.76. The number of carbonyl (C=O) groups excluding carboxylic acids is 3. The van der Waals surface area contributed by atoms with E-state index >= 15 is 0 Å². The Morgan fingerprint density at radius 1 is 0.957 bits per heavy atom. The van der Waals surface area contributed by atoms with Crippen LogP contribution in [-0.2, 0) is 20.5 Å². The van der Waals surface area contributed by atoms with Crippen molar-refractivity contribution < 1.29 is 28.3 Å². The summed E-state index contributed by atoms with van der Waals surface area (Å²) in [5.74, 6) is 0.175. The summed E-state index contributed by atoms with van der Waals surface area (Å²) in [5.41, 5.74) is 1.99.